The molecule has 3 N–H and O–H groups in total. The van der Waals surface area contributed by atoms with Crippen LogP contribution in [0, 0.1) is 5.82 Å². The van der Waals surface area contributed by atoms with E-state index in [2.05, 4.69) is 4.74 Å². The lowest BCUT2D eigenvalue weighted by molar-refractivity contribution is -0.151. The summed E-state index contributed by atoms with van der Waals surface area (Å²) >= 11 is 0. The van der Waals surface area contributed by atoms with Crippen molar-refractivity contribution in [1.29, 1.82) is 0 Å². The number of alkyl halides is 5. The lowest BCUT2D eigenvalue weighted by atomic mass is 9.98. The molecule has 0 aliphatic carbocycles. The lowest BCUT2D eigenvalue weighted by Gasteiger charge is -2.50. The molecule has 0 saturated carbocycles. The van der Waals surface area contributed by atoms with Gasteiger partial charge in [-0.1, -0.05) is 6.07 Å². The van der Waals surface area contributed by atoms with Crippen LogP contribution in [0.2, 0.25) is 0 Å². The summed E-state index contributed by atoms with van der Waals surface area (Å²) in [6, 6.07) is 5.47. The van der Waals surface area contributed by atoms with E-state index in [0.29, 0.717) is 19.2 Å². The van der Waals surface area contributed by atoms with Crippen LogP contribution in [0.4, 0.5) is 26.3 Å². The Hall–Kier alpha value is -3.76. The van der Waals surface area contributed by atoms with Gasteiger partial charge in [0.2, 0.25) is 0 Å². The fourth-order valence-corrected chi connectivity index (χ4v) is 6.72. The van der Waals surface area contributed by atoms with Gasteiger partial charge < -0.3 is 15.6 Å². The number of piperazine rings is 2. The monoisotopic (exact) mass is 648 g/mol. The topological polar surface area (TPSA) is 116 Å². The van der Waals surface area contributed by atoms with E-state index in [-0.39, 0.29) is 36.5 Å². The summed E-state index contributed by atoms with van der Waals surface area (Å²) in [6.07, 6.45) is -2.53. The van der Waals surface area contributed by atoms with Crippen molar-refractivity contribution < 1.29 is 49.4 Å². The highest BCUT2D eigenvalue weighted by molar-refractivity contribution is 7.89. The predicted octanol–water partition coefficient (Wildman–Crippen LogP) is 4.18. The van der Waals surface area contributed by atoms with Crippen LogP contribution >= 0.6 is 0 Å². The number of ether oxygens (including phenoxy) is 1. The Labute approximate surface area is 249 Å². The minimum atomic E-state index is -4.82. The van der Waals surface area contributed by atoms with Crippen LogP contribution in [0.3, 0.4) is 0 Å². The van der Waals surface area contributed by atoms with Crippen molar-refractivity contribution in [2.24, 2.45) is 5.73 Å². The summed E-state index contributed by atoms with van der Waals surface area (Å²) in [5.41, 5.74) is 3.39. The fraction of sp³-hybridized carbons (Fsp3) is 0.393. The second-order valence-corrected chi connectivity index (χ2v) is 12.7. The predicted molar refractivity (Wildman–Crippen MR) is 147 cm³/mol. The summed E-state index contributed by atoms with van der Waals surface area (Å²) < 4.78 is 113. The summed E-state index contributed by atoms with van der Waals surface area (Å²) in [5, 5.41) is 9.72. The van der Waals surface area contributed by atoms with Crippen molar-refractivity contribution in [2.75, 3.05) is 32.7 Å². The van der Waals surface area contributed by atoms with E-state index in [1.807, 2.05) is 4.90 Å². The second-order valence-electron chi connectivity index (χ2n) is 10.8. The highest BCUT2D eigenvalue weighted by atomic mass is 32.2. The maximum absolute atomic E-state index is 14.3. The van der Waals surface area contributed by atoms with E-state index in [9.17, 15) is 44.7 Å². The number of sulfonamides is 1. The molecule has 0 bridgehead atoms. The number of fused-ring (bicyclic) bond motifs is 1. The van der Waals surface area contributed by atoms with Gasteiger partial charge in [-0.05, 0) is 61.4 Å². The number of nitrogens with two attached hydrogens (primary N) is 1. The molecular formula is C28H30F6N4O5S. The highest BCUT2D eigenvalue weighted by Crippen LogP contribution is 2.35. The number of hydrogen-bond acceptors (Lipinski definition) is 7. The van der Waals surface area contributed by atoms with Crippen molar-refractivity contribution in [1.82, 2.24) is 14.1 Å². The summed E-state index contributed by atoms with van der Waals surface area (Å²) in [7, 11) is -4.64. The number of aliphatic carboxylic acids is 1. The molecule has 4 rings (SSSR count). The molecular weight excluding hydrogens is 618 g/mol. The summed E-state index contributed by atoms with van der Waals surface area (Å²) in [6.45, 7) is 0.236. The molecule has 0 spiro atoms. The molecule has 2 aromatic rings. The average Bonchev–Trinajstić information content (AvgIpc) is 2.93. The van der Waals surface area contributed by atoms with Crippen LogP contribution in [-0.2, 0) is 21.0 Å². The standard InChI is InChI=1S/C28H30F6N4O5S/c1-27(2,25(39)40)37-7-6-36-14-21(9-18(13-35)17-8-20(29)12-23(10-17)43-26(30)31)38(16-22(36)15-37)44(41,42)24-5-3-4-19(11-24)28(32,33)34/h3-5,8-13,22,26H,6-7,14-16,35H2,1-2H3,(H,39,40)/b18-13+,21-9+/t22-/m0/s1. The number of carbonyl (C=O) groups is 1. The van der Waals surface area contributed by atoms with Gasteiger partial charge >= 0.3 is 18.8 Å². The first kappa shape index (κ1) is 33.1. The number of carboxylic acids is 1. The van der Waals surface area contributed by atoms with Gasteiger partial charge in [0.15, 0.2) is 0 Å². The van der Waals surface area contributed by atoms with E-state index >= 15 is 0 Å². The first-order chi connectivity index (χ1) is 20.4. The molecule has 9 nitrogen and oxygen atoms in total. The zero-order chi connectivity index (χ0) is 32.6. The number of carboxylic acid groups (broad SMARTS) is 1. The van der Waals surface area contributed by atoms with Crippen molar-refractivity contribution >= 4 is 21.6 Å². The van der Waals surface area contributed by atoms with E-state index < -0.39 is 62.4 Å². The quantitative estimate of drug-likeness (QED) is 0.410. The Morgan fingerprint density at radius 3 is 2.43 bits per heavy atom. The van der Waals surface area contributed by atoms with Gasteiger partial charge in [0, 0.05) is 50.2 Å². The van der Waals surface area contributed by atoms with Gasteiger partial charge in [-0.15, -0.1) is 0 Å². The van der Waals surface area contributed by atoms with Crippen LogP contribution in [0.25, 0.3) is 5.57 Å². The first-order valence-electron chi connectivity index (χ1n) is 13.2. The molecule has 2 fully saturated rings. The molecule has 2 aromatic carbocycles. The van der Waals surface area contributed by atoms with Gasteiger partial charge in [0.1, 0.15) is 17.1 Å². The Balaban J connectivity index is 1.79. The minimum absolute atomic E-state index is 0.0203. The normalized spacial score (nSPS) is 20.2. The Morgan fingerprint density at radius 1 is 1.11 bits per heavy atom. The number of rotatable bonds is 8. The van der Waals surface area contributed by atoms with Crippen LogP contribution in [0.5, 0.6) is 5.75 Å². The van der Waals surface area contributed by atoms with Gasteiger partial charge in [-0.3, -0.25) is 18.9 Å². The molecule has 2 heterocycles. The molecule has 0 aromatic heterocycles. The zero-order valence-corrected chi connectivity index (χ0v) is 24.4. The molecule has 2 aliphatic rings. The Bertz CT molecular complexity index is 1580. The molecule has 0 radical (unpaired) electrons. The fourth-order valence-electron chi connectivity index (χ4n) is 5.15. The Morgan fingerprint density at radius 2 is 1.82 bits per heavy atom. The van der Waals surface area contributed by atoms with Crippen LogP contribution < -0.4 is 10.5 Å². The van der Waals surface area contributed by atoms with E-state index in [0.717, 1.165) is 46.9 Å². The number of nitrogens with zero attached hydrogens (tertiary/aromatic N) is 3. The summed E-state index contributed by atoms with van der Waals surface area (Å²) in [5.74, 6) is -2.54. The Kier molecular flexibility index (Phi) is 9.28. The van der Waals surface area contributed by atoms with Gasteiger partial charge in [-0.25, -0.2) is 12.8 Å². The molecule has 240 valence electrons. The third kappa shape index (κ3) is 6.97. The molecule has 0 unspecified atom stereocenters. The van der Waals surface area contributed by atoms with Gasteiger partial charge in [0.25, 0.3) is 10.0 Å². The van der Waals surface area contributed by atoms with Crippen LogP contribution in [0.15, 0.2) is 65.3 Å². The third-order valence-electron chi connectivity index (χ3n) is 7.66. The van der Waals surface area contributed by atoms with Gasteiger partial charge in [0.05, 0.1) is 17.0 Å². The largest absolute Gasteiger partial charge is 0.480 e. The zero-order valence-electron chi connectivity index (χ0n) is 23.6. The molecule has 44 heavy (non-hydrogen) atoms. The SMILES string of the molecule is CC(C)(C(=O)O)N1CCN2C/C(=C\C(=C/N)c3cc(F)cc(OC(F)F)c3)N(S(=O)(=O)c3cccc(C(F)(F)F)c3)C[C@@H]2C1. The van der Waals surface area contributed by atoms with E-state index in [4.69, 9.17) is 5.73 Å². The lowest BCUT2D eigenvalue weighted by Crippen LogP contribution is -2.66. The van der Waals surface area contributed by atoms with Crippen molar-refractivity contribution in [3.05, 3.63) is 77.4 Å². The number of hydrogen-bond donors (Lipinski definition) is 2. The van der Waals surface area contributed by atoms with E-state index in [1.165, 1.54) is 19.9 Å². The molecule has 2 aliphatic heterocycles. The first-order valence-corrected chi connectivity index (χ1v) is 14.7. The molecule has 1 atom stereocenters. The van der Waals surface area contributed by atoms with Crippen molar-refractivity contribution in [3.63, 3.8) is 0 Å². The number of halogens is 6. The highest BCUT2D eigenvalue weighted by Gasteiger charge is 2.44. The van der Waals surface area contributed by atoms with Crippen LogP contribution in [0.1, 0.15) is 25.0 Å². The minimum Gasteiger partial charge on any atom is -0.480 e. The third-order valence-corrected chi connectivity index (χ3v) is 9.47. The molecule has 2 saturated heterocycles. The second kappa shape index (κ2) is 12.3. The number of allylic oxidation sites excluding steroid dienone is 2. The smallest absolute Gasteiger partial charge is 0.416 e. The molecule has 0 amide bonds. The maximum Gasteiger partial charge on any atom is 0.416 e. The van der Waals surface area contributed by atoms with Crippen molar-refractivity contribution in [2.45, 2.75) is 43.1 Å². The number of benzene rings is 2. The molecule has 16 heteroatoms. The van der Waals surface area contributed by atoms with E-state index in [1.54, 1.807) is 4.90 Å². The van der Waals surface area contributed by atoms with Gasteiger partial charge in [-0.2, -0.15) is 22.0 Å². The van der Waals surface area contributed by atoms with Crippen molar-refractivity contribution in [3.8, 4) is 5.75 Å². The summed E-state index contributed by atoms with van der Waals surface area (Å²) in [4.78, 5) is 14.8. The average molecular weight is 649 g/mol. The van der Waals surface area contributed by atoms with Crippen LogP contribution in [-0.4, -0.2) is 84.5 Å². The maximum atomic E-state index is 14.3.